The van der Waals surface area contributed by atoms with Gasteiger partial charge < -0.3 is 15.7 Å². The summed E-state index contributed by atoms with van der Waals surface area (Å²) in [6.07, 6.45) is -1.57. The van der Waals surface area contributed by atoms with Crippen molar-refractivity contribution in [3.63, 3.8) is 0 Å². The first-order valence-electron chi connectivity index (χ1n) is 9.69. The fourth-order valence-electron chi connectivity index (χ4n) is 3.24. The highest BCUT2D eigenvalue weighted by atomic mass is 19.4. The number of alkyl halides is 3. The van der Waals surface area contributed by atoms with Gasteiger partial charge in [0.05, 0.1) is 0 Å². The second kappa shape index (κ2) is 10.1. The lowest BCUT2D eigenvalue weighted by atomic mass is 10.0. The number of halogens is 3. The van der Waals surface area contributed by atoms with Crippen LogP contribution in [-0.4, -0.2) is 32.9 Å². The summed E-state index contributed by atoms with van der Waals surface area (Å²) in [6, 6.07) is 17.5. The highest BCUT2D eigenvalue weighted by molar-refractivity contribution is 5.83. The van der Waals surface area contributed by atoms with E-state index in [1.807, 2.05) is 42.6 Å². The Balaban J connectivity index is 0.000000360. The molecule has 2 heterocycles. The van der Waals surface area contributed by atoms with Crippen molar-refractivity contribution in [2.75, 3.05) is 0 Å². The fourth-order valence-corrected chi connectivity index (χ4v) is 3.24. The molecule has 1 aromatic heterocycles. The van der Waals surface area contributed by atoms with E-state index in [-0.39, 0.29) is 5.91 Å². The molecule has 0 aliphatic carbocycles. The van der Waals surface area contributed by atoms with Crippen LogP contribution in [0.15, 0.2) is 67.0 Å². The van der Waals surface area contributed by atoms with E-state index < -0.39 is 18.2 Å². The molecule has 168 valence electrons. The van der Waals surface area contributed by atoms with Gasteiger partial charge in [0, 0.05) is 32.0 Å². The maximum atomic E-state index is 12.9. The Kier molecular flexibility index (Phi) is 7.26. The van der Waals surface area contributed by atoms with Gasteiger partial charge in [-0.1, -0.05) is 48.5 Å². The molecule has 0 fully saturated rings. The van der Waals surface area contributed by atoms with Crippen LogP contribution in [0, 0.1) is 0 Å². The predicted molar refractivity (Wildman–Crippen MR) is 109 cm³/mol. The number of amides is 1. The van der Waals surface area contributed by atoms with Crippen LogP contribution in [-0.2, 0) is 29.2 Å². The Morgan fingerprint density at radius 3 is 2.41 bits per heavy atom. The first kappa shape index (κ1) is 23.0. The lowest BCUT2D eigenvalue weighted by molar-refractivity contribution is -0.192. The molecule has 1 unspecified atom stereocenters. The molecule has 1 aliphatic rings. The molecular formula is C22H21F3N4O3. The molecule has 0 spiro atoms. The molecule has 1 atom stereocenters. The number of nitrogens with zero attached hydrogens (tertiary/aromatic N) is 2. The fraction of sp³-hybridized carbons (Fsp3) is 0.227. The highest BCUT2D eigenvalue weighted by Crippen LogP contribution is 2.19. The summed E-state index contributed by atoms with van der Waals surface area (Å²) in [5.41, 5.74) is 4.69. The van der Waals surface area contributed by atoms with Crippen molar-refractivity contribution in [3.05, 3.63) is 89.2 Å². The number of hydrogen-bond acceptors (Lipinski definition) is 4. The summed E-state index contributed by atoms with van der Waals surface area (Å²) in [7, 11) is 0. The first-order chi connectivity index (χ1) is 15.3. The zero-order chi connectivity index (χ0) is 23.1. The minimum atomic E-state index is -5.08. The number of rotatable bonds is 5. The van der Waals surface area contributed by atoms with Crippen LogP contribution in [0.4, 0.5) is 13.2 Å². The van der Waals surface area contributed by atoms with E-state index in [1.165, 1.54) is 11.1 Å². The van der Waals surface area contributed by atoms with Gasteiger partial charge in [0.15, 0.2) is 6.04 Å². The van der Waals surface area contributed by atoms with Crippen LogP contribution in [0.2, 0.25) is 0 Å². The predicted octanol–water partition coefficient (Wildman–Crippen LogP) is 3.03. The van der Waals surface area contributed by atoms with E-state index in [0.29, 0.717) is 6.54 Å². The van der Waals surface area contributed by atoms with E-state index >= 15 is 0 Å². The van der Waals surface area contributed by atoms with E-state index in [9.17, 15) is 18.0 Å². The van der Waals surface area contributed by atoms with Crippen molar-refractivity contribution in [3.8, 4) is 0 Å². The molecule has 3 aromatic rings. The Bertz CT molecular complexity index is 1050. The summed E-state index contributed by atoms with van der Waals surface area (Å²) in [6.45, 7) is 2.34. The van der Waals surface area contributed by atoms with E-state index in [4.69, 9.17) is 9.90 Å². The third kappa shape index (κ3) is 5.94. The zero-order valence-electron chi connectivity index (χ0n) is 16.8. The molecule has 7 nitrogen and oxygen atoms in total. The normalized spacial score (nSPS) is 13.5. The Hall–Kier alpha value is -3.66. The van der Waals surface area contributed by atoms with Gasteiger partial charge in [-0.05, 0) is 28.3 Å². The number of aliphatic carboxylic acids is 1. The summed E-state index contributed by atoms with van der Waals surface area (Å²) in [5, 5.41) is 17.8. The van der Waals surface area contributed by atoms with Crippen molar-refractivity contribution in [2.45, 2.75) is 31.9 Å². The second-order valence-corrected chi connectivity index (χ2v) is 7.03. The molecule has 10 heteroatoms. The molecule has 1 aliphatic heterocycles. The lowest BCUT2D eigenvalue weighted by Gasteiger charge is -2.18. The third-order valence-corrected chi connectivity index (χ3v) is 4.76. The number of carboxylic acids is 1. The van der Waals surface area contributed by atoms with E-state index in [1.54, 1.807) is 10.9 Å². The van der Waals surface area contributed by atoms with Crippen LogP contribution in [0.1, 0.15) is 28.3 Å². The quantitative estimate of drug-likeness (QED) is 0.560. The first-order valence-corrected chi connectivity index (χ1v) is 9.69. The molecule has 0 saturated carbocycles. The number of hydrogen-bond donors (Lipinski definition) is 3. The van der Waals surface area contributed by atoms with Crippen molar-refractivity contribution in [1.82, 2.24) is 20.4 Å². The van der Waals surface area contributed by atoms with Gasteiger partial charge in [0.25, 0.3) is 0 Å². The number of carbonyl (C=O) groups excluding carboxylic acids is 1. The van der Waals surface area contributed by atoms with E-state index in [0.717, 1.165) is 24.2 Å². The van der Waals surface area contributed by atoms with Gasteiger partial charge in [-0.15, -0.1) is 0 Å². The molecule has 0 saturated heterocycles. The minimum Gasteiger partial charge on any atom is -0.475 e. The number of carboxylic acid groups (broad SMARTS) is 1. The lowest BCUT2D eigenvalue weighted by Crippen LogP contribution is -2.33. The number of aromatic nitrogens is 2. The molecule has 4 rings (SSSR count). The van der Waals surface area contributed by atoms with Crippen molar-refractivity contribution < 1.29 is 27.9 Å². The summed E-state index contributed by atoms with van der Waals surface area (Å²) in [4.78, 5) is 21.8. The zero-order valence-corrected chi connectivity index (χ0v) is 16.8. The van der Waals surface area contributed by atoms with Crippen LogP contribution in [0.25, 0.3) is 0 Å². The summed E-state index contributed by atoms with van der Waals surface area (Å²) >= 11 is 0. The van der Waals surface area contributed by atoms with Crippen LogP contribution < -0.4 is 10.6 Å². The Morgan fingerprint density at radius 1 is 1.09 bits per heavy atom. The largest absolute Gasteiger partial charge is 0.490 e. The average molecular weight is 446 g/mol. The number of fused-ring (bicyclic) bond motifs is 1. The van der Waals surface area contributed by atoms with Crippen LogP contribution >= 0.6 is 0 Å². The van der Waals surface area contributed by atoms with E-state index in [2.05, 4.69) is 33.9 Å². The molecule has 32 heavy (non-hydrogen) atoms. The number of carbonyl (C=O) groups is 2. The van der Waals surface area contributed by atoms with Crippen molar-refractivity contribution in [1.29, 1.82) is 0 Å². The minimum absolute atomic E-state index is 0.0616. The topological polar surface area (TPSA) is 96.3 Å². The number of benzene rings is 2. The Labute approximate surface area is 181 Å². The van der Waals surface area contributed by atoms with Gasteiger partial charge >= 0.3 is 12.1 Å². The maximum absolute atomic E-state index is 12.9. The second-order valence-electron chi connectivity index (χ2n) is 7.03. The van der Waals surface area contributed by atoms with Crippen molar-refractivity contribution in [2.24, 2.45) is 0 Å². The molecule has 0 radical (unpaired) electrons. The van der Waals surface area contributed by atoms with Crippen molar-refractivity contribution >= 4 is 11.9 Å². The number of nitrogens with one attached hydrogen (secondary N) is 2. The molecule has 0 bridgehead atoms. The van der Waals surface area contributed by atoms with Gasteiger partial charge in [-0.3, -0.25) is 9.48 Å². The van der Waals surface area contributed by atoms with Crippen LogP contribution in [0.3, 0.4) is 0 Å². The third-order valence-electron chi connectivity index (χ3n) is 4.76. The molecule has 2 aromatic carbocycles. The highest BCUT2D eigenvalue weighted by Gasteiger charge is 2.38. The maximum Gasteiger partial charge on any atom is 0.490 e. The molecule has 3 N–H and O–H groups in total. The summed E-state index contributed by atoms with van der Waals surface area (Å²) < 4.78 is 33.4. The smallest absolute Gasteiger partial charge is 0.475 e. The van der Waals surface area contributed by atoms with Crippen LogP contribution in [0.5, 0.6) is 0 Å². The standard InChI is InChI=1S/C20H20N4O.C2HF3O2/c25-20(22-12-15-7-8-17-13-21-14-18(17)11-15)19(24-10-4-9-23-24)16-5-2-1-3-6-16;3-2(4,5)1(6)7/h1-11,19,21H,12-14H2,(H,22,25);(H,6,7). The van der Waals surface area contributed by atoms with Gasteiger partial charge in [-0.2, -0.15) is 18.3 Å². The molecule has 1 amide bonds. The van der Waals surface area contributed by atoms with Gasteiger partial charge in [0.1, 0.15) is 0 Å². The average Bonchev–Trinajstić information content (AvgIpc) is 3.45. The Morgan fingerprint density at radius 2 is 1.78 bits per heavy atom. The summed E-state index contributed by atoms with van der Waals surface area (Å²) in [5.74, 6) is -2.82. The SMILES string of the molecule is O=C(NCc1ccc2c(c1)CNC2)C(c1ccccc1)n1cccn1.O=C(O)C(F)(F)F. The molecular weight excluding hydrogens is 425 g/mol. The van der Waals surface area contributed by atoms with Gasteiger partial charge in [-0.25, -0.2) is 4.79 Å². The van der Waals surface area contributed by atoms with Gasteiger partial charge in [0.2, 0.25) is 5.91 Å². The monoisotopic (exact) mass is 446 g/mol.